The zero-order valence-electron chi connectivity index (χ0n) is 18.0. The smallest absolute Gasteiger partial charge is 0.295 e. The molecule has 1 amide bonds. The van der Waals surface area contributed by atoms with Crippen molar-refractivity contribution in [3.63, 3.8) is 0 Å². The van der Waals surface area contributed by atoms with E-state index < -0.39 is 23.5 Å². The van der Waals surface area contributed by atoms with Crippen LogP contribution in [0.15, 0.2) is 36.2 Å². The summed E-state index contributed by atoms with van der Waals surface area (Å²) in [4.78, 5) is 31.8. The van der Waals surface area contributed by atoms with Gasteiger partial charge in [-0.3, -0.25) is 14.6 Å². The molecule has 0 spiro atoms. The summed E-state index contributed by atoms with van der Waals surface area (Å²) in [6.45, 7) is 0.814. The van der Waals surface area contributed by atoms with Crippen LogP contribution in [0.4, 0.5) is 0 Å². The number of aliphatic hydroxyl groups excluding tert-OH is 1. The second-order valence-corrected chi connectivity index (χ2v) is 8.44. The molecular weight excluding hydrogens is 471 g/mol. The van der Waals surface area contributed by atoms with Gasteiger partial charge in [0, 0.05) is 25.5 Å². The third-order valence-corrected chi connectivity index (χ3v) is 6.38. The summed E-state index contributed by atoms with van der Waals surface area (Å²) in [7, 11) is 2.76. The Labute approximate surface area is 200 Å². The molecule has 2 unspecified atom stereocenters. The highest BCUT2D eigenvalue weighted by Crippen LogP contribution is 2.47. The van der Waals surface area contributed by atoms with Crippen molar-refractivity contribution in [1.29, 1.82) is 0 Å². The van der Waals surface area contributed by atoms with Crippen molar-refractivity contribution < 1.29 is 28.9 Å². The molecular formula is C23H22Cl2N2O6. The fourth-order valence-corrected chi connectivity index (χ4v) is 4.94. The second-order valence-electron chi connectivity index (χ2n) is 7.66. The summed E-state index contributed by atoms with van der Waals surface area (Å²) in [5.41, 5.74) is 0.528. The van der Waals surface area contributed by atoms with E-state index in [4.69, 9.17) is 37.4 Å². The lowest BCUT2D eigenvalue weighted by Crippen LogP contribution is -2.36. The Kier molecular flexibility index (Phi) is 6.78. The van der Waals surface area contributed by atoms with Gasteiger partial charge in [-0.1, -0.05) is 29.3 Å². The summed E-state index contributed by atoms with van der Waals surface area (Å²) in [6, 6.07) is 3.95. The zero-order valence-corrected chi connectivity index (χ0v) is 19.5. The van der Waals surface area contributed by atoms with Crippen molar-refractivity contribution in [3.8, 4) is 11.5 Å². The number of pyridine rings is 1. The average Bonchev–Trinajstić information content (AvgIpc) is 3.41. The Morgan fingerprint density at radius 2 is 2.03 bits per heavy atom. The maximum Gasteiger partial charge on any atom is 0.295 e. The van der Waals surface area contributed by atoms with Crippen LogP contribution in [0.2, 0.25) is 10.0 Å². The molecule has 8 nitrogen and oxygen atoms in total. The molecule has 2 aliphatic rings. The number of nitrogens with zero attached hydrogens (tertiary/aromatic N) is 2. The maximum atomic E-state index is 13.2. The van der Waals surface area contributed by atoms with Gasteiger partial charge in [0.25, 0.3) is 11.7 Å². The number of Topliss-reactive ketones (excluding diaryl/α,β-unsaturated/α-hetero) is 1. The van der Waals surface area contributed by atoms with Gasteiger partial charge in [-0.25, -0.2) is 0 Å². The first-order valence-corrected chi connectivity index (χ1v) is 11.0. The molecule has 1 aromatic carbocycles. The lowest BCUT2D eigenvalue weighted by Gasteiger charge is -2.27. The summed E-state index contributed by atoms with van der Waals surface area (Å²) in [6.07, 6.45) is 4.60. The van der Waals surface area contributed by atoms with Crippen molar-refractivity contribution in [2.24, 2.45) is 0 Å². The third kappa shape index (κ3) is 4.14. The van der Waals surface area contributed by atoms with Gasteiger partial charge in [-0.05, 0) is 30.5 Å². The fraction of sp³-hybridized carbons (Fsp3) is 0.348. The van der Waals surface area contributed by atoms with Gasteiger partial charge in [-0.2, -0.15) is 0 Å². The van der Waals surface area contributed by atoms with Crippen molar-refractivity contribution in [2.75, 3.05) is 27.4 Å². The topological polar surface area (TPSA) is 98.2 Å². The summed E-state index contributed by atoms with van der Waals surface area (Å²) < 4.78 is 16.3. The van der Waals surface area contributed by atoms with Crippen molar-refractivity contribution in [1.82, 2.24) is 9.88 Å². The molecule has 0 aliphatic carbocycles. The number of ketones is 1. The van der Waals surface area contributed by atoms with Gasteiger partial charge >= 0.3 is 0 Å². The van der Waals surface area contributed by atoms with Crippen LogP contribution in [-0.4, -0.2) is 60.2 Å². The molecule has 2 aliphatic heterocycles. The van der Waals surface area contributed by atoms with E-state index in [2.05, 4.69) is 4.98 Å². The summed E-state index contributed by atoms with van der Waals surface area (Å²) in [5, 5.41) is 11.5. The second kappa shape index (κ2) is 9.59. The number of amides is 1. The normalized spacial score (nSPS) is 22.1. The predicted octanol–water partition coefficient (Wildman–Crippen LogP) is 4.01. The number of rotatable bonds is 6. The number of methoxy groups -OCH3 is 2. The summed E-state index contributed by atoms with van der Waals surface area (Å²) in [5.74, 6) is -1.80. The van der Waals surface area contributed by atoms with Gasteiger partial charge < -0.3 is 24.2 Å². The lowest BCUT2D eigenvalue weighted by atomic mass is 9.95. The van der Waals surface area contributed by atoms with Crippen LogP contribution < -0.4 is 9.47 Å². The molecule has 1 aromatic heterocycles. The number of ether oxygens (including phenoxy) is 3. The monoisotopic (exact) mass is 492 g/mol. The maximum absolute atomic E-state index is 13.2. The molecule has 10 heteroatoms. The molecule has 0 bridgehead atoms. The van der Waals surface area contributed by atoms with Gasteiger partial charge in [0.05, 0.1) is 42.5 Å². The van der Waals surface area contributed by atoms with E-state index in [1.165, 1.54) is 25.2 Å². The first-order chi connectivity index (χ1) is 15.9. The van der Waals surface area contributed by atoms with E-state index in [1.807, 2.05) is 0 Å². The first-order valence-electron chi connectivity index (χ1n) is 10.3. The van der Waals surface area contributed by atoms with Gasteiger partial charge in [-0.15, -0.1) is 0 Å². The number of hydrogen-bond acceptors (Lipinski definition) is 7. The molecule has 0 radical (unpaired) electrons. The molecule has 2 saturated heterocycles. The van der Waals surface area contributed by atoms with Gasteiger partial charge in [0.15, 0.2) is 11.5 Å². The minimum Gasteiger partial charge on any atom is -0.507 e. The van der Waals surface area contributed by atoms with Crippen LogP contribution in [-0.2, 0) is 14.3 Å². The SMILES string of the molecule is COc1c(Cl)cc(/C(O)=C2\C(=O)C(=O)N(CC3CCCO3)C2c2cccnc2)c(OC)c1Cl. The van der Waals surface area contributed by atoms with Crippen LogP contribution >= 0.6 is 23.2 Å². The van der Waals surface area contributed by atoms with Crippen LogP contribution in [0.5, 0.6) is 11.5 Å². The van der Waals surface area contributed by atoms with Crippen LogP contribution in [0.1, 0.15) is 30.0 Å². The van der Waals surface area contributed by atoms with Crippen LogP contribution in [0, 0.1) is 0 Å². The molecule has 0 saturated carbocycles. The molecule has 2 atom stereocenters. The molecule has 1 N–H and O–H groups in total. The van der Waals surface area contributed by atoms with Crippen molar-refractivity contribution in [2.45, 2.75) is 25.0 Å². The minimum absolute atomic E-state index is 0.0283. The molecule has 174 valence electrons. The Bertz CT molecular complexity index is 1120. The van der Waals surface area contributed by atoms with E-state index in [0.29, 0.717) is 12.2 Å². The highest BCUT2D eigenvalue weighted by Gasteiger charge is 2.47. The number of aliphatic hydroxyl groups is 1. The fourth-order valence-electron chi connectivity index (χ4n) is 4.25. The summed E-state index contributed by atoms with van der Waals surface area (Å²) >= 11 is 12.7. The predicted molar refractivity (Wildman–Crippen MR) is 122 cm³/mol. The van der Waals surface area contributed by atoms with Crippen molar-refractivity contribution >= 4 is 40.7 Å². The Morgan fingerprint density at radius 3 is 2.64 bits per heavy atom. The number of halogens is 2. The largest absolute Gasteiger partial charge is 0.507 e. The Morgan fingerprint density at radius 1 is 1.27 bits per heavy atom. The quantitative estimate of drug-likeness (QED) is 0.369. The standard InChI is InChI=1S/C23H22Cl2N2O6/c1-31-21-14(9-15(24)22(32-2)17(21)25)19(28)16-18(12-5-3-7-26-10-12)27(23(30)20(16)29)11-13-6-4-8-33-13/h3,5,7,9-10,13,18,28H,4,6,8,11H2,1-2H3/b19-16+. The first kappa shape index (κ1) is 23.4. The lowest BCUT2D eigenvalue weighted by molar-refractivity contribution is -0.140. The van der Waals surface area contributed by atoms with Crippen molar-refractivity contribution in [3.05, 3.63) is 57.3 Å². The molecule has 33 heavy (non-hydrogen) atoms. The van der Waals surface area contributed by atoms with E-state index >= 15 is 0 Å². The highest BCUT2D eigenvalue weighted by molar-refractivity contribution is 6.47. The molecule has 4 rings (SSSR count). The van der Waals surface area contributed by atoms with E-state index in [1.54, 1.807) is 24.5 Å². The van der Waals surface area contributed by atoms with Crippen LogP contribution in [0.25, 0.3) is 5.76 Å². The third-order valence-electron chi connectivity index (χ3n) is 5.76. The number of aromatic nitrogens is 1. The minimum atomic E-state index is -0.868. The number of likely N-dealkylation sites (tertiary alicyclic amines) is 1. The van der Waals surface area contributed by atoms with Gasteiger partial charge in [0.2, 0.25) is 0 Å². The Hall–Kier alpha value is -2.81. The zero-order chi connectivity index (χ0) is 23.7. The van der Waals surface area contributed by atoms with E-state index in [-0.39, 0.29) is 45.3 Å². The van der Waals surface area contributed by atoms with Gasteiger partial charge in [0.1, 0.15) is 10.8 Å². The molecule has 2 fully saturated rings. The molecule has 2 aromatic rings. The number of benzene rings is 1. The van der Waals surface area contributed by atoms with E-state index in [0.717, 1.165) is 12.8 Å². The highest BCUT2D eigenvalue weighted by atomic mass is 35.5. The number of carbonyl (C=O) groups excluding carboxylic acids is 2. The van der Waals surface area contributed by atoms with Crippen LogP contribution in [0.3, 0.4) is 0 Å². The van der Waals surface area contributed by atoms with E-state index in [9.17, 15) is 14.7 Å². The average molecular weight is 493 g/mol. The number of hydrogen-bond donors (Lipinski definition) is 1. The number of carbonyl (C=O) groups is 2. The Balaban J connectivity index is 1.90. The molecule has 3 heterocycles.